The van der Waals surface area contributed by atoms with Crippen molar-refractivity contribution in [1.82, 2.24) is 0 Å². The highest BCUT2D eigenvalue weighted by Gasteiger charge is 2.13. The van der Waals surface area contributed by atoms with E-state index in [1.807, 2.05) is 0 Å². The summed E-state index contributed by atoms with van der Waals surface area (Å²) in [7, 11) is 2.78. The summed E-state index contributed by atoms with van der Waals surface area (Å²) in [4.78, 5) is 23.0. The number of carboxylic acids is 1. The fourth-order valence-corrected chi connectivity index (χ4v) is 2.36. The highest BCUT2D eigenvalue weighted by Crippen LogP contribution is 2.29. The van der Waals surface area contributed by atoms with Crippen LogP contribution in [0.1, 0.15) is 21.5 Å². The third-order valence-corrected chi connectivity index (χ3v) is 3.63. The van der Waals surface area contributed by atoms with Crippen LogP contribution < -0.4 is 4.74 Å². The molecule has 1 N–H and O–H groups in total. The second-order valence-corrected chi connectivity index (χ2v) is 5.23. The molecule has 2 aromatic rings. The fourth-order valence-electron chi connectivity index (χ4n) is 2.10. The molecule has 0 aromatic heterocycles. The van der Waals surface area contributed by atoms with Crippen LogP contribution in [0.25, 0.3) is 11.6 Å². The van der Waals surface area contributed by atoms with Gasteiger partial charge in [0.05, 0.1) is 30.4 Å². The van der Waals surface area contributed by atoms with Crippen LogP contribution in [0.3, 0.4) is 0 Å². The van der Waals surface area contributed by atoms with Crippen LogP contribution in [0.15, 0.2) is 42.5 Å². The van der Waals surface area contributed by atoms with Gasteiger partial charge < -0.3 is 14.6 Å². The van der Waals surface area contributed by atoms with Crippen LogP contribution in [-0.2, 0) is 9.53 Å². The molecule has 0 radical (unpaired) electrons. The van der Waals surface area contributed by atoms with E-state index >= 15 is 0 Å². The monoisotopic (exact) mass is 346 g/mol. The molecular formula is C18H15ClO5. The van der Waals surface area contributed by atoms with E-state index in [1.165, 1.54) is 26.4 Å². The molecule has 5 nitrogen and oxygen atoms in total. The van der Waals surface area contributed by atoms with Crippen molar-refractivity contribution < 1.29 is 24.2 Å². The van der Waals surface area contributed by atoms with Gasteiger partial charge in [-0.2, -0.15) is 0 Å². The van der Waals surface area contributed by atoms with Crippen molar-refractivity contribution in [2.24, 2.45) is 0 Å². The molecule has 124 valence electrons. The molecule has 0 unspecified atom stereocenters. The van der Waals surface area contributed by atoms with E-state index < -0.39 is 11.9 Å². The number of hydrogen-bond donors (Lipinski definition) is 1. The fraction of sp³-hybridized carbons (Fsp3) is 0.111. The van der Waals surface area contributed by atoms with Gasteiger partial charge in [0.15, 0.2) is 0 Å². The minimum absolute atomic E-state index is 0.0744. The zero-order valence-electron chi connectivity index (χ0n) is 13.1. The summed E-state index contributed by atoms with van der Waals surface area (Å²) < 4.78 is 9.69. The smallest absolute Gasteiger partial charge is 0.337 e. The summed E-state index contributed by atoms with van der Waals surface area (Å²) in [6.45, 7) is 0. The summed E-state index contributed by atoms with van der Waals surface area (Å²) in [6, 6.07) is 11.2. The molecule has 2 aromatic carbocycles. The molecule has 0 bridgehead atoms. The van der Waals surface area contributed by atoms with Gasteiger partial charge in [-0.15, -0.1) is 0 Å². The molecule has 0 aliphatic heterocycles. The van der Waals surface area contributed by atoms with Gasteiger partial charge in [0.1, 0.15) is 5.75 Å². The quantitative estimate of drug-likeness (QED) is 0.507. The molecule has 0 aliphatic carbocycles. The topological polar surface area (TPSA) is 72.8 Å². The molecule has 0 spiro atoms. The van der Waals surface area contributed by atoms with Gasteiger partial charge in [-0.05, 0) is 41.5 Å². The van der Waals surface area contributed by atoms with Crippen molar-refractivity contribution in [3.05, 3.63) is 64.2 Å². The van der Waals surface area contributed by atoms with Crippen molar-refractivity contribution in [1.29, 1.82) is 0 Å². The number of halogens is 1. The van der Waals surface area contributed by atoms with Gasteiger partial charge in [-0.1, -0.05) is 29.8 Å². The second-order valence-electron chi connectivity index (χ2n) is 4.83. The standard InChI is InChI=1S/C18H15ClO5/c1-23-16-8-7-13(10-15(16)19)14(17(20)21)9-11-3-5-12(6-4-11)18(22)24-2/h3-10H,1-2H3,(H,20,21)/b14-9-. The van der Waals surface area contributed by atoms with Gasteiger partial charge in [0.25, 0.3) is 0 Å². The summed E-state index contributed by atoms with van der Waals surface area (Å²) in [6.07, 6.45) is 1.50. The molecule has 0 atom stereocenters. The third-order valence-electron chi connectivity index (χ3n) is 3.34. The van der Waals surface area contributed by atoms with E-state index in [1.54, 1.807) is 36.4 Å². The van der Waals surface area contributed by atoms with Crippen LogP contribution in [0.5, 0.6) is 5.75 Å². The van der Waals surface area contributed by atoms with E-state index in [0.29, 0.717) is 27.5 Å². The molecule has 0 fully saturated rings. The Labute approximate surface area is 144 Å². The van der Waals surface area contributed by atoms with E-state index in [-0.39, 0.29) is 5.57 Å². The van der Waals surface area contributed by atoms with E-state index in [4.69, 9.17) is 16.3 Å². The Balaban J connectivity index is 2.40. The Hall–Kier alpha value is -2.79. The maximum Gasteiger partial charge on any atom is 0.337 e. The first kappa shape index (κ1) is 17.6. The third kappa shape index (κ3) is 3.94. The molecule has 0 amide bonds. The molecule has 2 rings (SSSR count). The Bertz CT molecular complexity index is 794. The van der Waals surface area contributed by atoms with Crippen LogP contribution in [0, 0.1) is 0 Å². The number of rotatable bonds is 5. The number of carbonyl (C=O) groups is 2. The first-order valence-electron chi connectivity index (χ1n) is 6.93. The lowest BCUT2D eigenvalue weighted by Gasteiger charge is -2.07. The molecular weight excluding hydrogens is 332 g/mol. The number of methoxy groups -OCH3 is 2. The van der Waals surface area contributed by atoms with Crippen molar-refractivity contribution in [2.45, 2.75) is 0 Å². The SMILES string of the molecule is COC(=O)c1ccc(/C=C(\C(=O)O)c2ccc(OC)c(Cl)c2)cc1. The van der Waals surface area contributed by atoms with Gasteiger partial charge in [-0.25, -0.2) is 9.59 Å². The number of benzene rings is 2. The van der Waals surface area contributed by atoms with E-state index in [2.05, 4.69) is 4.74 Å². The number of esters is 1. The molecule has 6 heteroatoms. The predicted molar refractivity (Wildman–Crippen MR) is 91.3 cm³/mol. The first-order chi connectivity index (χ1) is 11.5. The Morgan fingerprint density at radius 2 is 1.67 bits per heavy atom. The highest BCUT2D eigenvalue weighted by molar-refractivity contribution is 6.32. The normalized spacial score (nSPS) is 11.0. The number of carboxylic acid groups (broad SMARTS) is 1. The van der Waals surface area contributed by atoms with Gasteiger partial charge >= 0.3 is 11.9 Å². The van der Waals surface area contributed by atoms with Crippen molar-refractivity contribution in [2.75, 3.05) is 14.2 Å². The highest BCUT2D eigenvalue weighted by atomic mass is 35.5. The van der Waals surface area contributed by atoms with Crippen LogP contribution >= 0.6 is 11.6 Å². The Kier molecular flexibility index (Phi) is 5.60. The summed E-state index contributed by atoms with van der Waals surface area (Å²) in [5.74, 6) is -1.08. The number of ether oxygens (including phenoxy) is 2. The number of carbonyl (C=O) groups excluding carboxylic acids is 1. The van der Waals surface area contributed by atoms with E-state index in [0.717, 1.165) is 0 Å². The minimum atomic E-state index is -1.09. The van der Waals surface area contributed by atoms with Gasteiger partial charge in [-0.3, -0.25) is 0 Å². The summed E-state index contributed by atoms with van der Waals surface area (Å²) >= 11 is 6.06. The van der Waals surface area contributed by atoms with Crippen LogP contribution in [0.2, 0.25) is 5.02 Å². The zero-order chi connectivity index (χ0) is 17.7. The van der Waals surface area contributed by atoms with Crippen molar-refractivity contribution in [3.63, 3.8) is 0 Å². The Morgan fingerprint density at radius 3 is 2.17 bits per heavy atom. The summed E-state index contributed by atoms with van der Waals surface area (Å²) in [5, 5.41) is 9.79. The molecule has 0 heterocycles. The van der Waals surface area contributed by atoms with Crippen molar-refractivity contribution in [3.8, 4) is 5.75 Å². The molecule has 24 heavy (non-hydrogen) atoms. The average molecular weight is 347 g/mol. The van der Waals surface area contributed by atoms with Crippen LogP contribution in [0.4, 0.5) is 0 Å². The maximum atomic E-state index is 11.6. The van der Waals surface area contributed by atoms with Crippen LogP contribution in [-0.4, -0.2) is 31.3 Å². The molecule has 0 aliphatic rings. The lowest BCUT2D eigenvalue weighted by atomic mass is 10.0. The lowest BCUT2D eigenvalue weighted by Crippen LogP contribution is -2.01. The zero-order valence-corrected chi connectivity index (χ0v) is 13.8. The van der Waals surface area contributed by atoms with Gasteiger partial charge in [0, 0.05) is 0 Å². The molecule has 0 saturated carbocycles. The number of aliphatic carboxylic acids is 1. The minimum Gasteiger partial charge on any atom is -0.495 e. The lowest BCUT2D eigenvalue weighted by molar-refractivity contribution is -0.130. The molecule has 0 saturated heterocycles. The first-order valence-corrected chi connectivity index (χ1v) is 7.31. The maximum absolute atomic E-state index is 11.6. The summed E-state index contributed by atoms with van der Waals surface area (Å²) in [5.41, 5.74) is 1.54. The average Bonchev–Trinajstić information content (AvgIpc) is 2.59. The van der Waals surface area contributed by atoms with E-state index in [9.17, 15) is 14.7 Å². The largest absolute Gasteiger partial charge is 0.495 e. The van der Waals surface area contributed by atoms with Gasteiger partial charge in [0.2, 0.25) is 0 Å². The van der Waals surface area contributed by atoms with Crippen molar-refractivity contribution >= 4 is 35.2 Å². The number of hydrogen-bond acceptors (Lipinski definition) is 4. The second kappa shape index (κ2) is 7.66. The Morgan fingerprint density at radius 1 is 1.04 bits per heavy atom. The predicted octanol–water partition coefficient (Wildman–Crippen LogP) is 3.76.